The van der Waals surface area contributed by atoms with Crippen molar-refractivity contribution in [2.45, 2.75) is 58.6 Å². The first-order valence-corrected chi connectivity index (χ1v) is 8.04. The summed E-state index contributed by atoms with van der Waals surface area (Å²) in [5.74, 6) is 0.0146. The van der Waals surface area contributed by atoms with Crippen LogP contribution in [-0.4, -0.2) is 66.8 Å². The second-order valence-corrected chi connectivity index (χ2v) is 6.66. The molecule has 1 saturated heterocycles. The van der Waals surface area contributed by atoms with Crippen LogP contribution in [0.3, 0.4) is 0 Å². The van der Waals surface area contributed by atoms with Crippen molar-refractivity contribution in [3.05, 3.63) is 0 Å². The molecule has 0 aliphatic carbocycles. The highest BCUT2D eigenvalue weighted by molar-refractivity contribution is 5.77. The zero-order valence-corrected chi connectivity index (χ0v) is 14.6. The molecule has 0 radical (unpaired) electrons. The van der Waals surface area contributed by atoms with Crippen molar-refractivity contribution in [3.63, 3.8) is 0 Å². The fraction of sp³-hybridized carbons (Fsp3) is 0.875. The largest absolute Gasteiger partial charge is 0.444 e. The van der Waals surface area contributed by atoms with Crippen molar-refractivity contribution in [1.29, 1.82) is 0 Å². The highest BCUT2D eigenvalue weighted by atomic mass is 16.6. The van der Waals surface area contributed by atoms with Crippen molar-refractivity contribution < 1.29 is 19.1 Å². The molecule has 0 saturated carbocycles. The number of rotatable bonds is 4. The Morgan fingerprint density at radius 3 is 2.45 bits per heavy atom. The molecule has 0 N–H and O–H groups in total. The van der Waals surface area contributed by atoms with Crippen LogP contribution in [-0.2, 0) is 14.3 Å². The van der Waals surface area contributed by atoms with Gasteiger partial charge in [0.1, 0.15) is 12.2 Å². The Bertz CT molecular complexity index is 379. The molecule has 128 valence electrons. The maximum Gasteiger partial charge on any atom is 0.410 e. The van der Waals surface area contributed by atoms with Crippen LogP contribution in [0.1, 0.15) is 47.0 Å². The number of ether oxygens (including phenoxy) is 2. The van der Waals surface area contributed by atoms with Crippen molar-refractivity contribution in [3.8, 4) is 0 Å². The van der Waals surface area contributed by atoms with E-state index in [-0.39, 0.29) is 24.6 Å². The van der Waals surface area contributed by atoms with Crippen molar-refractivity contribution in [2.24, 2.45) is 0 Å². The number of nitrogens with zero attached hydrogens (tertiary/aromatic N) is 2. The molecule has 0 bridgehead atoms. The molecule has 1 fully saturated rings. The van der Waals surface area contributed by atoms with Gasteiger partial charge in [-0.3, -0.25) is 4.79 Å². The molecule has 1 aliphatic rings. The van der Waals surface area contributed by atoms with Gasteiger partial charge in [0.15, 0.2) is 0 Å². The molecule has 1 atom stereocenters. The molecule has 0 aromatic rings. The Morgan fingerprint density at radius 1 is 1.23 bits per heavy atom. The second-order valence-electron chi connectivity index (χ2n) is 6.66. The van der Waals surface area contributed by atoms with E-state index in [4.69, 9.17) is 9.47 Å². The van der Waals surface area contributed by atoms with Gasteiger partial charge in [-0.15, -0.1) is 0 Å². The van der Waals surface area contributed by atoms with Crippen LogP contribution >= 0.6 is 0 Å². The average molecular weight is 314 g/mol. The molecule has 6 heteroatoms. The van der Waals surface area contributed by atoms with Crippen LogP contribution in [0.25, 0.3) is 0 Å². The summed E-state index contributed by atoms with van der Waals surface area (Å²) in [6, 6.07) is 0.167. The summed E-state index contributed by atoms with van der Waals surface area (Å²) in [5.41, 5.74) is -0.479. The van der Waals surface area contributed by atoms with Gasteiger partial charge < -0.3 is 19.3 Å². The number of hydrogen-bond donors (Lipinski definition) is 0. The van der Waals surface area contributed by atoms with Crippen LogP contribution in [0.4, 0.5) is 4.79 Å². The van der Waals surface area contributed by atoms with Gasteiger partial charge in [0.25, 0.3) is 0 Å². The SMILES string of the molecule is CCN(C(=O)COC)[C@H]1CCCN(C(=O)OC(C)(C)C)CC1. The Labute approximate surface area is 133 Å². The number of hydrogen-bond acceptors (Lipinski definition) is 4. The van der Waals surface area contributed by atoms with Crippen LogP contribution in [0.15, 0.2) is 0 Å². The normalized spacial score (nSPS) is 19.5. The lowest BCUT2D eigenvalue weighted by Crippen LogP contribution is -2.43. The summed E-state index contributed by atoms with van der Waals surface area (Å²) < 4.78 is 10.4. The topological polar surface area (TPSA) is 59.1 Å². The number of carbonyl (C=O) groups is 2. The predicted octanol–water partition coefficient (Wildman–Crippen LogP) is 2.27. The van der Waals surface area contributed by atoms with E-state index in [1.54, 1.807) is 4.90 Å². The minimum atomic E-state index is -0.479. The molecular formula is C16H30N2O4. The Morgan fingerprint density at radius 2 is 1.91 bits per heavy atom. The van der Waals surface area contributed by atoms with E-state index < -0.39 is 5.60 Å². The molecule has 0 aromatic heterocycles. The fourth-order valence-electron chi connectivity index (χ4n) is 2.74. The van der Waals surface area contributed by atoms with Gasteiger partial charge in [-0.1, -0.05) is 0 Å². The highest BCUT2D eigenvalue weighted by Gasteiger charge is 2.28. The van der Waals surface area contributed by atoms with E-state index in [2.05, 4.69) is 0 Å². The second kappa shape index (κ2) is 8.36. The molecule has 1 rings (SSSR count). The maximum atomic E-state index is 12.2. The Kier molecular flexibility index (Phi) is 7.13. The van der Waals surface area contributed by atoms with Gasteiger partial charge >= 0.3 is 6.09 Å². The third-order valence-corrected chi connectivity index (χ3v) is 3.72. The summed E-state index contributed by atoms with van der Waals surface area (Å²) in [6.45, 7) is 9.66. The van der Waals surface area contributed by atoms with Gasteiger partial charge in [0, 0.05) is 32.8 Å². The lowest BCUT2D eigenvalue weighted by Gasteiger charge is -2.30. The van der Waals surface area contributed by atoms with Crippen molar-refractivity contribution in [2.75, 3.05) is 33.4 Å². The third kappa shape index (κ3) is 5.83. The zero-order valence-electron chi connectivity index (χ0n) is 14.6. The van der Waals surface area contributed by atoms with Gasteiger partial charge in [-0.25, -0.2) is 4.79 Å². The van der Waals surface area contributed by atoms with Crippen LogP contribution in [0.5, 0.6) is 0 Å². The van der Waals surface area contributed by atoms with Crippen LogP contribution in [0.2, 0.25) is 0 Å². The summed E-state index contributed by atoms with van der Waals surface area (Å²) >= 11 is 0. The van der Waals surface area contributed by atoms with Crippen molar-refractivity contribution in [1.82, 2.24) is 9.80 Å². The van der Waals surface area contributed by atoms with E-state index in [0.29, 0.717) is 19.6 Å². The Balaban J connectivity index is 2.61. The zero-order chi connectivity index (χ0) is 16.8. The minimum absolute atomic E-state index is 0.0146. The summed E-state index contributed by atoms with van der Waals surface area (Å²) in [4.78, 5) is 27.8. The lowest BCUT2D eigenvalue weighted by molar-refractivity contribution is -0.137. The number of likely N-dealkylation sites (N-methyl/N-ethyl adjacent to an activating group) is 1. The van der Waals surface area contributed by atoms with E-state index in [1.807, 2.05) is 32.6 Å². The summed E-state index contributed by atoms with van der Waals surface area (Å²) in [5, 5.41) is 0. The maximum absolute atomic E-state index is 12.2. The number of methoxy groups -OCH3 is 1. The molecule has 0 spiro atoms. The predicted molar refractivity (Wildman–Crippen MR) is 84.7 cm³/mol. The highest BCUT2D eigenvalue weighted by Crippen LogP contribution is 2.19. The van der Waals surface area contributed by atoms with Gasteiger partial charge in [-0.2, -0.15) is 0 Å². The van der Waals surface area contributed by atoms with E-state index in [9.17, 15) is 9.59 Å². The fourth-order valence-corrected chi connectivity index (χ4v) is 2.74. The van der Waals surface area contributed by atoms with Crippen LogP contribution < -0.4 is 0 Å². The first-order valence-electron chi connectivity index (χ1n) is 8.04. The lowest BCUT2D eigenvalue weighted by atomic mass is 10.1. The summed E-state index contributed by atoms with van der Waals surface area (Å²) in [7, 11) is 1.53. The molecule has 22 heavy (non-hydrogen) atoms. The smallest absolute Gasteiger partial charge is 0.410 e. The molecule has 2 amide bonds. The van der Waals surface area contributed by atoms with E-state index >= 15 is 0 Å². The number of amides is 2. The first-order chi connectivity index (χ1) is 10.3. The van der Waals surface area contributed by atoms with E-state index in [0.717, 1.165) is 19.3 Å². The molecule has 1 aliphatic heterocycles. The standard InChI is InChI=1S/C16H30N2O4/c1-6-18(14(19)12-21-5)13-8-7-10-17(11-9-13)15(20)22-16(2,3)4/h13H,6-12H2,1-5H3/t13-/m0/s1. The van der Waals surface area contributed by atoms with Gasteiger partial charge in [-0.05, 0) is 47.0 Å². The molecule has 1 heterocycles. The monoisotopic (exact) mass is 314 g/mol. The molecular weight excluding hydrogens is 284 g/mol. The van der Waals surface area contributed by atoms with E-state index in [1.165, 1.54) is 7.11 Å². The third-order valence-electron chi connectivity index (χ3n) is 3.72. The quantitative estimate of drug-likeness (QED) is 0.799. The van der Waals surface area contributed by atoms with Crippen LogP contribution in [0, 0.1) is 0 Å². The Hall–Kier alpha value is -1.30. The summed E-state index contributed by atoms with van der Waals surface area (Å²) in [6.07, 6.45) is 2.30. The minimum Gasteiger partial charge on any atom is -0.444 e. The number of likely N-dealkylation sites (tertiary alicyclic amines) is 1. The average Bonchev–Trinajstić information content (AvgIpc) is 2.64. The van der Waals surface area contributed by atoms with Crippen molar-refractivity contribution >= 4 is 12.0 Å². The molecule has 0 unspecified atom stereocenters. The van der Waals surface area contributed by atoms with Gasteiger partial charge in [0.2, 0.25) is 5.91 Å². The molecule has 6 nitrogen and oxygen atoms in total. The number of carbonyl (C=O) groups excluding carboxylic acids is 2. The first kappa shape index (κ1) is 18.7. The molecule has 0 aromatic carbocycles. The van der Waals surface area contributed by atoms with Gasteiger partial charge in [0.05, 0.1) is 0 Å².